The Labute approximate surface area is 90.6 Å². The van der Waals surface area contributed by atoms with Crippen LogP contribution in [0.15, 0.2) is 18.2 Å². The Morgan fingerprint density at radius 2 is 2.13 bits per heavy atom. The third kappa shape index (κ3) is 3.53. The third-order valence-electron chi connectivity index (χ3n) is 2.18. The Balaban J connectivity index is 2.66. The first-order valence-electron chi connectivity index (χ1n) is 5.14. The molecule has 15 heavy (non-hydrogen) atoms. The van der Waals surface area contributed by atoms with Gasteiger partial charge in [-0.2, -0.15) is 0 Å². The molecule has 0 spiro atoms. The van der Waals surface area contributed by atoms with Gasteiger partial charge in [0.25, 0.3) is 0 Å². The fourth-order valence-corrected chi connectivity index (χ4v) is 1.28. The van der Waals surface area contributed by atoms with Gasteiger partial charge in [-0.05, 0) is 44.0 Å². The monoisotopic (exact) mass is 210 g/mol. The van der Waals surface area contributed by atoms with Crippen LogP contribution in [0.3, 0.4) is 0 Å². The maximum Gasteiger partial charge on any atom is 0.189 e. The van der Waals surface area contributed by atoms with E-state index in [1.807, 2.05) is 32.0 Å². The summed E-state index contributed by atoms with van der Waals surface area (Å²) in [5.74, 6) is 0.799. The van der Waals surface area contributed by atoms with Crippen LogP contribution < -0.4 is 4.74 Å². The zero-order valence-corrected chi connectivity index (χ0v) is 9.49. The smallest absolute Gasteiger partial charge is 0.189 e. The van der Waals surface area contributed by atoms with E-state index in [1.165, 1.54) is 0 Å². The molecule has 1 atom stereocenters. The van der Waals surface area contributed by atoms with Gasteiger partial charge in [-0.15, -0.1) is 0 Å². The quantitative estimate of drug-likeness (QED) is 0.599. The van der Waals surface area contributed by atoms with Crippen molar-refractivity contribution in [2.45, 2.75) is 26.9 Å². The number of ether oxygens (including phenoxy) is 2. The van der Waals surface area contributed by atoms with E-state index in [4.69, 9.17) is 9.47 Å². The van der Waals surface area contributed by atoms with E-state index in [-0.39, 0.29) is 6.79 Å². The number of aliphatic hydroxyl groups is 1. The first-order valence-corrected chi connectivity index (χ1v) is 5.14. The van der Waals surface area contributed by atoms with Crippen LogP contribution in [0.5, 0.6) is 5.75 Å². The molecule has 0 saturated heterocycles. The zero-order chi connectivity index (χ0) is 11.3. The number of aryl methyl sites for hydroxylation is 1. The van der Waals surface area contributed by atoms with Gasteiger partial charge in [0.1, 0.15) is 5.75 Å². The van der Waals surface area contributed by atoms with Crippen LogP contribution in [0.1, 0.15) is 31.1 Å². The summed E-state index contributed by atoms with van der Waals surface area (Å²) in [6, 6.07) is 5.64. The number of rotatable bonds is 5. The Morgan fingerprint density at radius 1 is 1.40 bits per heavy atom. The van der Waals surface area contributed by atoms with Gasteiger partial charge in [-0.1, -0.05) is 6.07 Å². The van der Waals surface area contributed by atoms with Crippen molar-refractivity contribution in [3.8, 4) is 5.75 Å². The molecule has 1 aromatic rings. The summed E-state index contributed by atoms with van der Waals surface area (Å²) in [6.07, 6.45) is -0.440. The minimum Gasteiger partial charge on any atom is -0.467 e. The molecule has 0 aromatic heterocycles. The summed E-state index contributed by atoms with van der Waals surface area (Å²) in [5.41, 5.74) is 1.91. The molecule has 0 bridgehead atoms. The van der Waals surface area contributed by atoms with Crippen LogP contribution in [-0.4, -0.2) is 18.5 Å². The summed E-state index contributed by atoms with van der Waals surface area (Å²) >= 11 is 0. The van der Waals surface area contributed by atoms with Gasteiger partial charge in [0.15, 0.2) is 6.79 Å². The molecule has 0 unspecified atom stereocenters. The summed E-state index contributed by atoms with van der Waals surface area (Å²) in [5, 5.41) is 9.39. The molecule has 0 saturated carbocycles. The second-order valence-electron chi connectivity index (χ2n) is 3.46. The Morgan fingerprint density at radius 3 is 2.67 bits per heavy atom. The van der Waals surface area contributed by atoms with E-state index in [1.54, 1.807) is 6.92 Å². The largest absolute Gasteiger partial charge is 0.467 e. The highest BCUT2D eigenvalue weighted by Gasteiger charge is 2.04. The summed E-state index contributed by atoms with van der Waals surface area (Å²) in [7, 11) is 0. The fraction of sp³-hybridized carbons (Fsp3) is 0.500. The SMILES string of the molecule is CCOCOc1ccc([C@@H](C)O)cc1C. The second kappa shape index (κ2) is 5.73. The third-order valence-corrected chi connectivity index (χ3v) is 2.18. The lowest BCUT2D eigenvalue weighted by Gasteiger charge is -2.11. The van der Waals surface area contributed by atoms with Crippen LogP contribution in [0.4, 0.5) is 0 Å². The minimum atomic E-state index is -0.440. The summed E-state index contributed by atoms with van der Waals surface area (Å²) in [4.78, 5) is 0. The van der Waals surface area contributed by atoms with Gasteiger partial charge in [0.05, 0.1) is 6.10 Å². The topological polar surface area (TPSA) is 38.7 Å². The van der Waals surface area contributed by atoms with Crippen LogP contribution in [-0.2, 0) is 4.74 Å². The number of hydrogen-bond donors (Lipinski definition) is 1. The molecule has 3 nitrogen and oxygen atoms in total. The van der Waals surface area contributed by atoms with E-state index < -0.39 is 6.10 Å². The number of aliphatic hydroxyl groups excluding tert-OH is 1. The van der Waals surface area contributed by atoms with E-state index in [9.17, 15) is 5.11 Å². The maximum atomic E-state index is 9.39. The molecule has 0 amide bonds. The van der Waals surface area contributed by atoms with Crippen molar-refractivity contribution in [2.24, 2.45) is 0 Å². The molecule has 0 aliphatic heterocycles. The van der Waals surface area contributed by atoms with Gasteiger partial charge >= 0.3 is 0 Å². The normalized spacial score (nSPS) is 12.5. The lowest BCUT2D eigenvalue weighted by atomic mass is 10.1. The molecule has 1 rings (SSSR count). The first-order chi connectivity index (χ1) is 7.15. The Kier molecular flexibility index (Phi) is 4.59. The standard InChI is InChI=1S/C12H18O3/c1-4-14-8-15-12-6-5-11(10(3)13)7-9(12)2/h5-7,10,13H,4,8H2,1-3H3/t10-/m1/s1. The highest BCUT2D eigenvalue weighted by atomic mass is 16.7. The van der Waals surface area contributed by atoms with Crippen molar-refractivity contribution in [1.29, 1.82) is 0 Å². The van der Waals surface area contributed by atoms with E-state index in [0.29, 0.717) is 6.61 Å². The number of hydrogen-bond acceptors (Lipinski definition) is 3. The minimum absolute atomic E-state index is 0.269. The molecule has 0 radical (unpaired) electrons. The van der Waals surface area contributed by atoms with Gasteiger partial charge in [-0.25, -0.2) is 0 Å². The molecule has 3 heteroatoms. The van der Waals surface area contributed by atoms with Crippen molar-refractivity contribution >= 4 is 0 Å². The lowest BCUT2D eigenvalue weighted by Crippen LogP contribution is -2.03. The van der Waals surface area contributed by atoms with E-state index >= 15 is 0 Å². The predicted molar refractivity (Wildman–Crippen MR) is 58.9 cm³/mol. The molecule has 84 valence electrons. The Bertz CT molecular complexity index is 308. The second-order valence-corrected chi connectivity index (χ2v) is 3.46. The van der Waals surface area contributed by atoms with Gasteiger partial charge in [0.2, 0.25) is 0 Å². The van der Waals surface area contributed by atoms with Crippen LogP contribution >= 0.6 is 0 Å². The lowest BCUT2D eigenvalue weighted by molar-refractivity contribution is 0.0220. The molecule has 1 N–H and O–H groups in total. The van der Waals surface area contributed by atoms with E-state index in [2.05, 4.69) is 0 Å². The van der Waals surface area contributed by atoms with Crippen LogP contribution in [0.2, 0.25) is 0 Å². The first kappa shape index (κ1) is 12.0. The van der Waals surface area contributed by atoms with Gasteiger partial charge < -0.3 is 14.6 Å². The highest BCUT2D eigenvalue weighted by Crippen LogP contribution is 2.22. The fourth-order valence-electron chi connectivity index (χ4n) is 1.28. The van der Waals surface area contributed by atoms with Crippen LogP contribution in [0.25, 0.3) is 0 Å². The molecular formula is C12H18O3. The van der Waals surface area contributed by atoms with Gasteiger partial charge in [0, 0.05) is 6.61 Å². The molecular weight excluding hydrogens is 192 g/mol. The Hall–Kier alpha value is -1.06. The molecule has 0 aliphatic rings. The van der Waals surface area contributed by atoms with E-state index in [0.717, 1.165) is 16.9 Å². The van der Waals surface area contributed by atoms with Crippen molar-refractivity contribution in [3.63, 3.8) is 0 Å². The van der Waals surface area contributed by atoms with Crippen molar-refractivity contribution in [2.75, 3.05) is 13.4 Å². The summed E-state index contributed by atoms with van der Waals surface area (Å²) in [6.45, 7) is 6.53. The average molecular weight is 210 g/mol. The molecule has 0 heterocycles. The maximum absolute atomic E-state index is 9.39. The highest BCUT2D eigenvalue weighted by molar-refractivity contribution is 5.36. The molecule has 0 fully saturated rings. The summed E-state index contributed by atoms with van der Waals surface area (Å²) < 4.78 is 10.5. The van der Waals surface area contributed by atoms with Gasteiger partial charge in [-0.3, -0.25) is 0 Å². The average Bonchev–Trinajstić information content (AvgIpc) is 2.20. The number of benzene rings is 1. The molecule has 0 aliphatic carbocycles. The molecule has 1 aromatic carbocycles. The predicted octanol–water partition coefficient (Wildman–Crippen LogP) is 2.42. The van der Waals surface area contributed by atoms with Crippen molar-refractivity contribution in [3.05, 3.63) is 29.3 Å². The zero-order valence-electron chi connectivity index (χ0n) is 9.49. The van der Waals surface area contributed by atoms with Crippen LogP contribution in [0, 0.1) is 6.92 Å². The van der Waals surface area contributed by atoms with Crippen molar-refractivity contribution in [1.82, 2.24) is 0 Å². The van der Waals surface area contributed by atoms with Crippen molar-refractivity contribution < 1.29 is 14.6 Å².